The van der Waals surface area contributed by atoms with E-state index in [1.54, 1.807) is 0 Å². The smallest absolute Gasteiger partial charge is 0.0941 e. The molecule has 0 aromatic carbocycles. The molecule has 15 heavy (non-hydrogen) atoms. The normalized spacial score (nSPS) is 48.4. The first-order valence-electron chi connectivity index (χ1n) is 6.73. The van der Waals surface area contributed by atoms with Crippen LogP contribution in [0.25, 0.3) is 0 Å². The highest BCUT2D eigenvalue weighted by molar-refractivity contribution is 4.94. The van der Waals surface area contributed by atoms with E-state index in [0.717, 1.165) is 6.04 Å². The number of rotatable bonds is 1. The highest BCUT2D eigenvalue weighted by atomic mass is 16.3. The number of aliphatic hydroxyl groups is 1. The lowest BCUT2D eigenvalue weighted by Crippen LogP contribution is -2.56. The molecule has 2 bridgehead atoms. The molecular formula is C13H24NO+. The minimum atomic E-state index is 0.0410. The number of nitrogens with zero attached hydrogens (tertiary/aromatic N) is 1. The molecular weight excluding hydrogens is 186 g/mol. The van der Waals surface area contributed by atoms with Crippen LogP contribution in [0, 0.1) is 11.8 Å². The van der Waals surface area contributed by atoms with Crippen molar-refractivity contribution in [1.29, 1.82) is 0 Å². The second-order valence-electron chi connectivity index (χ2n) is 6.27. The van der Waals surface area contributed by atoms with Crippen molar-refractivity contribution in [3.05, 3.63) is 0 Å². The highest BCUT2D eigenvalue weighted by Gasteiger charge is 2.51. The summed E-state index contributed by atoms with van der Waals surface area (Å²) in [5, 5.41) is 10.2. The molecule has 2 nitrogen and oxygen atoms in total. The molecule has 3 rings (SSSR count). The molecule has 86 valence electrons. The number of fused-ring (bicyclic) bond motifs is 2. The molecule has 4 atom stereocenters. The number of hydrogen-bond donors (Lipinski definition) is 1. The van der Waals surface area contributed by atoms with Crippen molar-refractivity contribution < 1.29 is 9.59 Å². The second kappa shape index (κ2) is 3.46. The summed E-state index contributed by atoms with van der Waals surface area (Å²) >= 11 is 0. The van der Waals surface area contributed by atoms with E-state index >= 15 is 0 Å². The maximum atomic E-state index is 10.2. The van der Waals surface area contributed by atoms with Crippen molar-refractivity contribution in [3.8, 4) is 0 Å². The van der Waals surface area contributed by atoms with E-state index in [1.165, 1.54) is 56.1 Å². The maximum absolute atomic E-state index is 10.2. The van der Waals surface area contributed by atoms with Crippen LogP contribution in [0.4, 0.5) is 0 Å². The van der Waals surface area contributed by atoms with Crippen molar-refractivity contribution in [3.63, 3.8) is 0 Å². The van der Waals surface area contributed by atoms with Gasteiger partial charge >= 0.3 is 0 Å². The summed E-state index contributed by atoms with van der Waals surface area (Å²) in [7, 11) is 2.43. The van der Waals surface area contributed by atoms with Crippen molar-refractivity contribution in [2.24, 2.45) is 11.8 Å². The predicted molar refractivity (Wildman–Crippen MR) is 60.4 cm³/mol. The lowest BCUT2D eigenvalue weighted by molar-refractivity contribution is -0.927. The summed E-state index contributed by atoms with van der Waals surface area (Å²) in [5.74, 6) is 1.28. The molecule has 3 aliphatic rings. The molecule has 2 aliphatic carbocycles. The third-order valence-electron chi connectivity index (χ3n) is 5.51. The SMILES string of the molecule is C[N+]1([C@H]2CC[C@H]3CC[C@H]2[C@H]3O)CCCC1. The summed E-state index contributed by atoms with van der Waals surface area (Å²) in [6.45, 7) is 2.72. The van der Waals surface area contributed by atoms with Gasteiger partial charge in [0, 0.05) is 25.2 Å². The maximum Gasteiger partial charge on any atom is 0.0941 e. The summed E-state index contributed by atoms with van der Waals surface area (Å²) < 4.78 is 1.27. The fourth-order valence-electron chi connectivity index (χ4n) is 4.60. The Labute approximate surface area is 92.9 Å². The predicted octanol–water partition coefficient (Wildman–Crippen LogP) is 1.78. The molecule has 1 heterocycles. The largest absolute Gasteiger partial charge is 0.392 e. The van der Waals surface area contributed by atoms with E-state index in [9.17, 15) is 5.11 Å². The van der Waals surface area contributed by atoms with Gasteiger partial charge in [0.1, 0.15) is 0 Å². The van der Waals surface area contributed by atoms with Gasteiger partial charge in [0.25, 0.3) is 0 Å². The van der Waals surface area contributed by atoms with Crippen LogP contribution in [0.15, 0.2) is 0 Å². The summed E-state index contributed by atoms with van der Waals surface area (Å²) in [5.41, 5.74) is 0. The third kappa shape index (κ3) is 1.45. The van der Waals surface area contributed by atoms with Gasteiger partial charge in [-0.2, -0.15) is 0 Å². The van der Waals surface area contributed by atoms with Gasteiger partial charge in [0.2, 0.25) is 0 Å². The third-order valence-corrected chi connectivity index (χ3v) is 5.51. The van der Waals surface area contributed by atoms with Crippen LogP contribution < -0.4 is 0 Å². The summed E-state index contributed by atoms with van der Waals surface area (Å²) in [6.07, 6.45) is 8.10. The first kappa shape index (κ1) is 10.1. The van der Waals surface area contributed by atoms with Gasteiger partial charge in [-0.05, 0) is 25.2 Å². The van der Waals surface area contributed by atoms with Crippen LogP contribution in [0.3, 0.4) is 0 Å². The van der Waals surface area contributed by atoms with Gasteiger partial charge in [-0.1, -0.05) is 0 Å². The average Bonchev–Trinajstić information content (AvgIpc) is 2.72. The van der Waals surface area contributed by atoms with Gasteiger partial charge in [-0.25, -0.2) is 0 Å². The zero-order valence-electron chi connectivity index (χ0n) is 9.86. The summed E-state index contributed by atoms with van der Waals surface area (Å²) in [4.78, 5) is 0. The van der Waals surface area contributed by atoms with Crippen LogP contribution in [0.5, 0.6) is 0 Å². The first-order chi connectivity index (χ1) is 7.21. The highest BCUT2D eigenvalue weighted by Crippen LogP contribution is 2.46. The van der Waals surface area contributed by atoms with E-state index in [1.807, 2.05) is 0 Å². The minimum Gasteiger partial charge on any atom is -0.392 e. The van der Waals surface area contributed by atoms with Gasteiger partial charge in [-0.3, -0.25) is 0 Å². The standard InChI is InChI=1S/C13H24NO/c1-14(8-2-3-9-14)12-7-5-10-4-6-11(12)13(10)15/h10-13,15H,2-9H2,1H3/q+1/t10-,11-,12+,13+/m1/s1. The Kier molecular flexibility index (Phi) is 2.33. The Balaban J connectivity index is 1.81. The molecule has 2 saturated carbocycles. The van der Waals surface area contributed by atoms with Crippen molar-refractivity contribution >= 4 is 0 Å². The Morgan fingerprint density at radius 3 is 2.40 bits per heavy atom. The molecule has 0 spiro atoms. The molecule has 0 aromatic rings. The second-order valence-corrected chi connectivity index (χ2v) is 6.27. The minimum absolute atomic E-state index is 0.0410. The summed E-state index contributed by atoms with van der Waals surface area (Å²) in [6, 6.07) is 0.779. The first-order valence-corrected chi connectivity index (χ1v) is 6.73. The Bertz CT molecular complexity index is 247. The van der Waals surface area contributed by atoms with Gasteiger partial charge in [0.05, 0.1) is 32.3 Å². The van der Waals surface area contributed by atoms with Crippen LogP contribution in [-0.2, 0) is 0 Å². The average molecular weight is 210 g/mol. The van der Waals surface area contributed by atoms with Crippen LogP contribution in [0.2, 0.25) is 0 Å². The van der Waals surface area contributed by atoms with Crippen LogP contribution >= 0.6 is 0 Å². The van der Waals surface area contributed by atoms with Crippen LogP contribution in [0.1, 0.15) is 38.5 Å². The number of likely N-dealkylation sites (tertiary alicyclic amines) is 1. The molecule has 1 N–H and O–H groups in total. The van der Waals surface area contributed by atoms with Crippen molar-refractivity contribution in [2.45, 2.75) is 50.7 Å². The number of aliphatic hydroxyl groups excluding tert-OH is 1. The van der Waals surface area contributed by atoms with E-state index in [-0.39, 0.29) is 6.10 Å². The van der Waals surface area contributed by atoms with E-state index in [2.05, 4.69) is 7.05 Å². The lowest BCUT2D eigenvalue weighted by Gasteiger charge is -2.45. The Morgan fingerprint density at radius 2 is 1.67 bits per heavy atom. The topological polar surface area (TPSA) is 20.2 Å². The van der Waals surface area contributed by atoms with Crippen molar-refractivity contribution in [1.82, 2.24) is 0 Å². The van der Waals surface area contributed by atoms with Crippen molar-refractivity contribution in [2.75, 3.05) is 20.1 Å². The number of quaternary nitrogens is 1. The van der Waals surface area contributed by atoms with E-state index < -0.39 is 0 Å². The Morgan fingerprint density at radius 1 is 1.00 bits per heavy atom. The Hall–Kier alpha value is -0.0800. The quantitative estimate of drug-likeness (QED) is 0.654. The van der Waals surface area contributed by atoms with Gasteiger partial charge in [0.15, 0.2) is 0 Å². The molecule has 0 unspecified atom stereocenters. The molecule has 3 fully saturated rings. The molecule has 0 amide bonds. The zero-order chi connectivity index (χ0) is 10.5. The van der Waals surface area contributed by atoms with Gasteiger partial charge < -0.3 is 9.59 Å². The fourth-order valence-corrected chi connectivity index (χ4v) is 4.60. The number of hydrogen-bond acceptors (Lipinski definition) is 1. The fraction of sp³-hybridized carbons (Fsp3) is 1.00. The van der Waals surface area contributed by atoms with E-state index in [4.69, 9.17) is 0 Å². The monoisotopic (exact) mass is 210 g/mol. The van der Waals surface area contributed by atoms with Gasteiger partial charge in [-0.15, -0.1) is 0 Å². The zero-order valence-corrected chi connectivity index (χ0v) is 9.86. The van der Waals surface area contributed by atoms with E-state index in [0.29, 0.717) is 11.8 Å². The molecule has 2 heteroatoms. The lowest BCUT2D eigenvalue weighted by atomic mass is 9.80. The molecule has 1 saturated heterocycles. The van der Waals surface area contributed by atoms with Crippen LogP contribution in [-0.4, -0.2) is 41.9 Å². The molecule has 0 radical (unpaired) electrons. The molecule has 0 aromatic heterocycles. The molecule has 1 aliphatic heterocycles.